The van der Waals surface area contributed by atoms with Gasteiger partial charge >= 0.3 is 5.97 Å². The predicted octanol–water partition coefficient (Wildman–Crippen LogP) is -0.379. The average Bonchev–Trinajstić information content (AvgIpc) is 2.75. The van der Waals surface area contributed by atoms with E-state index < -0.39 is 18.4 Å². The highest BCUT2D eigenvalue weighted by Gasteiger charge is 2.33. The summed E-state index contributed by atoms with van der Waals surface area (Å²) in [6.45, 7) is 2.39. The van der Waals surface area contributed by atoms with E-state index in [-0.39, 0.29) is 26.3 Å². The van der Waals surface area contributed by atoms with Gasteiger partial charge in [0.15, 0.2) is 19.2 Å². The molecule has 80 valence electrons. The van der Waals surface area contributed by atoms with Gasteiger partial charge in [0.05, 0.1) is 6.61 Å². The van der Waals surface area contributed by atoms with E-state index in [2.05, 4.69) is 0 Å². The molecule has 3 unspecified atom stereocenters. The second-order valence-electron chi connectivity index (χ2n) is 3.05. The Morgan fingerprint density at radius 3 is 2.79 bits per heavy atom. The topological polar surface area (TPSA) is 63.2 Å². The fraction of sp³-hybridized carbons (Fsp3) is 0.875. The fourth-order valence-corrected chi connectivity index (χ4v) is 1.25. The third kappa shape index (κ3) is 2.21. The molecule has 2 saturated heterocycles. The van der Waals surface area contributed by atoms with E-state index in [1.165, 1.54) is 0 Å². The van der Waals surface area contributed by atoms with Crippen molar-refractivity contribution in [3.8, 4) is 0 Å². The van der Waals surface area contributed by atoms with Crippen molar-refractivity contribution in [2.75, 3.05) is 20.0 Å². The van der Waals surface area contributed by atoms with Crippen LogP contribution in [0.1, 0.15) is 6.92 Å². The van der Waals surface area contributed by atoms with Gasteiger partial charge in [0.25, 0.3) is 0 Å². The standard InChI is InChI=1S/C8H12O6/c1-5-11-2-6(13-5)8(9)14-7-3-10-4-12-7/h5-7H,2-4H2,1H3. The van der Waals surface area contributed by atoms with Crippen LogP contribution in [-0.4, -0.2) is 44.7 Å². The van der Waals surface area contributed by atoms with Gasteiger partial charge in [0.1, 0.15) is 6.61 Å². The van der Waals surface area contributed by atoms with Gasteiger partial charge in [-0.15, -0.1) is 0 Å². The van der Waals surface area contributed by atoms with Gasteiger partial charge in [-0.1, -0.05) is 0 Å². The minimum absolute atomic E-state index is 0.163. The number of hydrogen-bond acceptors (Lipinski definition) is 6. The van der Waals surface area contributed by atoms with E-state index >= 15 is 0 Å². The molecule has 0 radical (unpaired) electrons. The molecule has 3 atom stereocenters. The number of hydrogen-bond donors (Lipinski definition) is 0. The fourth-order valence-electron chi connectivity index (χ4n) is 1.25. The maximum Gasteiger partial charge on any atom is 0.340 e. The summed E-state index contributed by atoms with van der Waals surface area (Å²) in [6, 6.07) is 0. The normalized spacial score (nSPS) is 37.4. The zero-order valence-electron chi connectivity index (χ0n) is 7.80. The second kappa shape index (κ2) is 4.22. The van der Waals surface area contributed by atoms with Crippen LogP contribution in [-0.2, 0) is 28.5 Å². The first kappa shape index (κ1) is 9.85. The summed E-state index contributed by atoms with van der Waals surface area (Å²) >= 11 is 0. The van der Waals surface area contributed by atoms with Crippen LogP contribution in [0.25, 0.3) is 0 Å². The molecule has 0 amide bonds. The summed E-state index contributed by atoms with van der Waals surface area (Å²) < 4.78 is 25.0. The SMILES string of the molecule is CC1OCC(C(=O)OC2COCO2)O1. The smallest absolute Gasteiger partial charge is 0.340 e. The highest BCUT2D eigenvalue weighted by molar-refractivity contribution is 5.75. The van der Waals surface area contributed by atoms with Crippen LogP contribution in [0.3, 0.4) is 0 Å². The highest BCUT2D eigenvalue weighted by Crippen LogP contribution is 2.14. The Labute approximate surface area is 81.0 Å². The van der Waals surface area contributed by atoms with E-state index in [0.717, 1.165) is 0 Å². The van der Waals surface area contributed by atoms with Crippen molar-refractivity contribution in [2.45, 2.75) is 25.6 Å². The van der Waals surface area contributed by atoms with Gasteiger partial charge in [-0.2, -0.15) is 0 Å². The minimum atomic E-state index is -0.644. The first-order valence-corrected chi connectivity index (χ1v) is 4.42. The Bertz CT molecular complexity index is 212. The second-order valence-corrected chi connectivity index (χ2v) is 3.05. The van der Waals surface area contributed by atoms with Gasteiger partial charge in [0.2, 0.25) is 6.29 Å². The number of rotatable bonds is 2. The monoisotopic (exact) mass is 204 g/mol. The van der Waals surface area contributed by atoms with Crippen LogP contribution in [0.15, 0.2) is 0 Å². The van der Waals surface area contributed by atoms with Crippen LogP contribution in [0.4, 0.5) is 0 Å². The van der Waals surface area contributed by atoms with E-state index in [9.17, 15) is 4.79 Å². The Kier molecular flexibility index (Phi) is 2.97. The first-order chi connectivity index (χ1) is 6.75. The lowest BCUT2D eigenvalue weighted by atomic mass is 10.4. The molecule has 0 aromatic carbocycles. The summed E-state index contributed by atoms with van der Waals surface area (Å²) in [5, 5.41) is 0. The molecule has 2 heterocycles. The van der Waals surface area contributed by atoms with Crippen LogP contribution >= 0.6 is 0 Å². The van der Waals surface area contributed by atoms with Crippen LogP contribution in [0.5, 0.6) is 0 Å². The largest absolute Gasteiger partial charge is 0.431 e. The van der Waals surface area contributed by atoms with Crippen molar-refractivity contribution in [3.63, 3.8) is 0 Å². The Balaban J connectivity index is 1.77. The number of esters is 1. The summed E-state index contributed by atoms with van der Waals surface area (Å²) in [6.07, 6.45) is -1.61. The van der Waals surface area contributed by atoms with E-state index in [4.69, 9.17) is 23.7 Å². The Morgan fingerprint density at radius 1 is 1.36 bits per heavy atom. The van der Waals surface area contributed by atoms with Crippen molar-refractivity contribution >= 4 is 5.97 Å². The Hall–Kier alpha value is -0.690. The minimum Gasteiger partial charge on any atom is -0.431 e. The molecular formula is C8H12O6. The molecule has 2 fully saturated rings. The van der Waals surface area contributed by atoms with Crippen LogP contribution < -0.4 is 0 Å². The molecule has 0 aromatic heterocycles. The van der Waals surface area contributed by atoms with Crippen LogP contribution in [0, 0.1) is 0 Å². The molecule has 0 saturated carbocycles. The van der Waals surface area contributed by atoms with Gasteiger partial charge < -0.3 is 23.7 Å². The van der Waals surface area contributed by atoms with E-state index in [0.29, 0.717) is 0 Å². The molecule has 0 aliphatic carbocycles. The molecule has 14 heavy (non-hydrogen) atoms. The van der Waals surface area contributed by atoms with E-state index in [1.807, 2.05) is 0 Å². The van der Waals surface area contributed by atoms with Crippen LogP contribution in [0.2, 0.25) is 0 Å². The molecule has 0 N–H and O–H groups in total. The van der Waals surface area contributed by atoms with Crippen molar-refractivity contribution in [3.05, 3.63) is 0 Å². The molecule has 0 aromatic rings. The molecule has 0 bridgehead atoms. The third-order valence-electron chi connectivity index (χ3n) is 1.94. The van der Waals surface area contributed by atoms with Gasteiger partial charge in [-0.25, -0.2) is 4.79 Å². The van der Waals surface area contributed by atoms with Gasteiger partial charge in [0, 0.05) is 0 Å². The molecule has 2 aliphatic rings. The summed E-state index contributed by atoms with van der Waals surface area (Å²) in [7, 11) is 0. The summed E-state index contributed by atoms with van der Waals surface area (Å²) in [5.41, 5.74) is 0. The predicted molar refractivity (Wildman–Crippen MR) is 42.1 cm³/mol. The average molecular weight is 204 g/mol. The lowest BCUT2D eigenvalue weighted by molar-refractivity contribution is -0.179. The highest BCUT2D eigenvalue weighted by atomic mass is 16.8. The van der Waals surface area contributed by atoms with Crippen molar-refractivity contribution in [1.29, 1.82) is 0 Å². The van der Waals surface area contributed by atoms with Crippen molar-refractivity contribution in [2.24, 2.45) is 0 Å². The maximum absolute atomic E-state index is 11.4. The lowest BCUT2D eigenvalue weighted by Crippen LogP contribution is -2.30. The Morgan fingerprint density at radius 2 is 2.21 bits per heavy atom. The van der Waals surface area contributed by atoms with Crippen molar-refractivity contribution < 1.29 is 28.5 Å². The zero-order valence-corrected chi connectivity index (χ0v) is 7.80. The maximum atomic E-state index is 11.4. The molecule has 6 heteroatoms. The zero-order chi connectivity index (χ0) is 9.97. The third-order valence-corrected chi connectivity index (χ3v) is 1.94. The van der Waals surface area contributed by atoms with Crippen molar-refractivity contribution in [1.82, 2.24) is 0 Å². The number of carbonyl (C=O) groups excluding carboxylic acids is 1. The molecular weight excluding hydrogens is 192 g/mol. The molecule has 2 aliphatic heterocycles. The summed E-state index contributed by atoms with van der Waals surface area (Å²) in [5.74, 6) is -0.468. The van der Waals surface area contributed by atoms with E-state index in [1.54, 1.807) is 6.92 Å². The first-order valence-electron chi connectivity index (χ1n) is 4.42. The molecule has 6 nitrogen and oxygen atoms in total. The van der Waals surface area contributed by atoms with Gasteiger partial charge in [-0.3, -0.25) is 0 Å². The molecule has 2 rings (SSSR count). The molecule has 0 spiro atoms. The lowest BCUT2D eigenvalue weighted by Gasteiger charge is -2.12. The quantitative estimate of drug-likeness (QED) is 0.571. The number of ether oxygens (including phenoxy) is 5. The van der Waals surface area contributed by atoms with Gasteiger partial charge in [-0.05, 0) is 6.92 Å². The summed E-state index contributed by atoms with van der Waals surface area (Å²) in [4.78, 5) is 11.4. The number of carbonyl (C=O) groups is 1.